The molecule has 0 bridgehead atoms. The number of hydrogen-bond acceptors (Lipinski definition) is 2. The fraction of sp³-hybridized carbons (Fsp3) is 0.588. The van der Waals surface area contributed by atoms with E-state index >= 15 is 0 Å². The number of hydrogen-bond donors (Lipinski definition) is 1. The summed E-state index contributed by atoms with van der Waals surface area (Å²) in [6, 6.07) is 8.26. The van der Waals surface area contributed by atoms with Crippen LogP contribution in [0.5, 0.6) is 0 Å². The van der Waals surface area contributed by atoms with Gasteiger partial charge in [-0.2, -0.15) is 0 Å². The van der Waals surface area contributed by atoms with Crippen LogP contribution >= 0.6 is 0 Å². The van der Waals surface area contributed by atoms with Crippen LogP contribution in [0.4, 0.5) is 5.69 Å². The van der Waals surface area contributed by atoms with Gasteiger partial charge in [0.15, 0.2) is 0 Å². The lowest BCUT2D eigenvalue weighted by atomic mass is 9.74. The first kappa shape index (κ1) is 13.6. The number of fused-ring (bicyclic) bond motifs is 1. The lowest BCUT2D eigenvalue weighted by molar-refractivity contribution is -0.129. The molecule has 2 N–H and O–H groups in total. The number of benzene rings is 1. The Labute approximate surface area is 121 Å². The lowest BCUT2D eigenvalue weighted by Gasteiger charge is -2.40. The first-order valence-corrected chi connectivity index (χ1v) is 7.76. The van der Waals surface area contributed by atoms with E-state index in [2.05, 4.69) is 19.1 Å². The van der Waals surface area contributed by atoms with Gasteiger partial charge in [-0.25, -0.2) is 0 Å². The first-order valence-electron chi connectivity index (χ1n) is 7.76. The van der Waals surface area contributed by atoms with E-state index in [1.165, 1.54) is 24.8 Å². The van der Waals surface area contributed by atoms with Crippen molar-refractivity contribution in [2.45, 2.75) is 51.5 Å². The molecular formula is C17H24N2O. The maximum Gasteiger partial charge on any atom is 0.232 e. The molecule has 1 saturated carbocycles. The van der Waals surface area contributed by atoms with Gasteiger partial charge in [-0.1, -0.05) is 44.4 Å². The average molecular weight is 272 g/mol. The van der Waals surface area contributed by atoms with E-state index in [1.807, 2.05) is 17.0 Å². The third-order valence-electron chi connectivity index (χ3n) is 4.90. The van der Waals surface area contributed by atoms with Gasteiger partial charge in [0.25, 0.3) is 0 Å². The molecule has 1 fully saturated rings. The molecule has 1 aromatic carbocycles. The lowest BCUT2D eigenvalue weighted by Crippen LogP contribution is -2.51. The Balaban J connectivity index is 1.91. The SMILES string of the molecule is CC1(C(=O)N2CC(N)Cc3ccccc32)CCCCC1. The normalized spacial score (nSPS) is 25.1. The average Bonchev–Trinajstić information content (AvgIpc) is 2.46. The summed E-state index contributed by atoms with van der Waals surface area (Å²) in [6.07, 6.45) is 6.50. The minimum absolute atomic E-state index is 0.0565. The summed E-state index contributed by atoms with van der Waals surface area (Å²) in [4.78, 5) is 15.0. The van der Waals surface area contributed by atoms with Crippen molar-refractivity contribution in [3.05, 3.63) is 29.8 Å². The van der Waals surface area contributed by atoms with Gasteiger partial charge in [0.05, 0.1) is 0 Å². The van der Waals surface area contributed by atoms with E-state index in [-0.39, 0.29) is 17.4 Å². The molecular weight excluding hydrogens is 248 g/mol. The second-order valence-electron chi connectivity index (χ2n) is 6.63. The molecule has 0 radical (unpaired) electrons. The van der Waals surface area contributed by atoms with Gasteiger partial charge >= 0.3 is 0 Å². The van der Waals surface area contributed by atoms with Crippen molar-refractivity contribution in [3.8, 4) is 0 Å². The fourth-order valence-electron chi connectivity index (χ4n) is 3.69. The first-order chi connectivity index (χ1) is 9.60. The number of nitrogens with zero attached hydrogens (tertiary/aromatic N) is 1. The summed E-state index contributed by atoms with van der Waals surface area (Å²) in [7, 11) is 0. The Hall–Kier alpha value is -1.35. The summed E-state index contributed by atoms with van der Waals surface area (Å²) in [6.45, 7) is 2.79. The number of para-hydroxylation sites is 1. The number of carbonyl (C=O) groups is 1. The Morgan fingerprint density at radius 1 is 1.25 bits per heavy atom. The van der Waals surface area contributed by atoms with Crippen molar-refractivity contribution in [2.75, 3.05) is 11.4 Å². The van der Waals surface area contributed by atoms with Crippen molar-refractivity contribution < 1.29 is 4.79 Å². The Morgan fingerprint density at radius 3 is 2.70 bits per heavy atom. The molecule has 2 aliphatic rings. The number of anilines is 1. The molecule has 0 saturated heterocycles. The highest BCUT2D eigenvalue weighted by atomic mass is 16.2. The third kappa shape index (κ3) is 2.35. The molecule has 3 nitrogen and oxygen atoms in total. The summed E-state index contributed by atoms with van der Waals surface area (Å²) < 4.78 is 0. The minimum Gasteiger partial charge on any atom is -0.326 e. The van der Waals surface area contributed by atoms with Gasteiger partial charge < -0.3 is 10.6 Å². The molecule has 3 rings (SSSR count). The molecule has 108 valence electrons. The minimum atomic E-state index is -0.192. The quantitative estimate of drug-likeness (QED) is 0.854. The summed E-state index contributed by atoms with van der Waals surface area (Å²) in [5.74, 6) is 0.278. The highest BCUT2D eigenvalue weighted by Crippen LogP contribution is 2.39. The zero-order valence-corrected chi connectivity index (χ0v) is 12.3. The highest BCUT2D eigenvalue weighted by Gasteiger charge is 2.40. The van der Waals surface area contributed by atoms with Gasteiger partial charge in [-0.05, 0) is 30.9 Å². The van der Waals surface area contributed by atoms with Gasteiger partial charge in [0, 0.05) is 23.7 Å². The molecule has 1 amide bonds. The topological polar surface area (TPSA) is 46.3 Å². The van der Waals surface area contributed by atoms with Crippen LogP contribution in [-0.4, -0.2) is 18.5 Å². The van der Waals surface area contributed by atoms with Crippen LogP contribution in [-0.2, 0) is 11.2 Å². The molecule has 1 aromatic rings. The van der Waals surface area contributed by atoms with Crippen molar-refractivity contribution in [1.82, 2.24) is 0 Å². The second kappa shape index (κ2) is 5.21. The Bertz CT molecular complexity index is 505. The van der Waals surface area contributed by atoms with Gasteiger partial charge in [-0.3, -0.25) is 4.79 Å². The standard InChI is InChI=1S/C17H24N2O/c1-17(9-5-2-6-10-17)16(20)19-12-14(18)11-13-7-3-4-8-15(13)19/h3-4,7-8,14H,2,5-6,9-12,18H2,1H3. The van der Waals surface area contributed by atoms with Crippen LogP contribution in [0.3, 0.4) is 0 Å². The van der Waals surface area contributed by atoms with Crippen LogP contribution in [0.15, 0.2) is 24.3 Å². The smallest absolute Gasteiger partial charge is 0.232 e. The van der Waals surface area contributed by atoms with Crippen molar-refractivity contribution in [2.24, 2.45) is 11.1 Å². The van der Waals surface area contributed by atoms with Crippen LogP contribution < -0.4 is 10.6 Å². The molecule has 1 aliphatic carbocycles. The third-order valence-corrected chi connectivity index (χ3v) is 4.90. The molecule has 1 aliphatic heterocycles. The molecule has 1 heterocycles. The van der Waals surface area contributed by atoms with Crippen molar-refractivity contribution >= 4 is 11.6 Å². The van der Waals surface area contributed by atoms with Crippen molar-refractivity contribution in [1.29, 1.82) is 0 Å². The number of nitrogens with two attached hydrogens (primary N) is 1. The summed E-state index contributed by atoms with van der Waals surface area (Å²) in [5.41, 5.74) is 8.25. The van der Waals surface area contributed by atoms with E-state index in [0.29, 0.717) is 6.54 Å². The van der Waals surface area contributed by atoms with Crippen LogP contribution in [0, 0.1) is 5.41 Å². The number of amides is 1. The van der Waals surface area contributed by atoms with Gasteiger partial charge in [0.1, 0.15) is 0 Å². The van der Waals surface area contributed by atoms with Crippen molar-refractivity contribution in [3.63, 3.8) is 0 Å². The molecule has 3 heteroatoms. The monoisotopic (exact) mass is 272 g/mol. The second-order valence-corrected chi connectivity index (χ2v) is 6.63. The van der Waals surface area contributed by atoms with E-state index in [9.17, 15) is 4.79 Å². The maximum absolute atomic E-state index is 13.1. The molecule has 1 unspecified atom stereocenters. The van der Waals surface area contributed by atoms with Gasteiger partial charge in [0.2, 0.25) is 5.91 Å². The Kier molecular flexibility index (Phi) is 3.55. The van der Waals surface area contributed by atoms with Crippen LogP contribution in [0.1, 0.15) is 44.6 Å². The largest absolute Gasteiger partial charge is 0.326 e. The number of rotatable bonds is 1. The zero-order chi connectivity index (χ0) is 14.2. The van der Waals surface area contributed by atoms with E-state index in [0.717, 1.165) is 24.9 Å². The van der Waals surface area contributed by atoms with Crippen LogP contribution in [0.2, 0.25) is 0 Å². The zero-order valence-electron chi connectivity index (χ0n) is 12.3. The van der Waals surface area contributed by atoms with E-state index in [4.69, 9.17) is 5.73 Å². The fourth-order valence-corrected chi connectivity index (χ4v) is 3.69. The Morgan fingerprint density at radius 2 is 1.95 bits per heavy atom. The van der Waals surface area contributed by atoms with Crippen LogP contribution in [0.25, 0.3) is 0 Å². The maximum atomic E-state index is 13.1. The highest BCUT2D eigenvalue weighted by molar-refractivity contribution is 5.98. The summed E-state index contributed by atoms with van der Waals surface area (Å²) >= 11 is 0. The molecule has 0 spiro atoms. The summed E-state index contributed by atoms with van der Waals surface area (Å²) in [5, 5.41) is 0. The van der Waals surface area contributed by atoms with E-state index in [1.54, 1.807) is 0 Å². The number of carbonyl (C=O) groups excluding carboxylic acids is 1. The van der Waals surface area contributed by atoms with E-state index < -0.39 is 0 Å². The molecule has 20 heavy (non-hydrogen) atoms. The predicted octanol–water partition coefficient (Wildman–Crippen LogP) is 2.87. The molecule has 1 atom stereocenters. The van der Waals surface area contributed by atoms with Gasteiger partial charge in [-0.15, -0.1) is 0 Å². The predicted molar refractivity (Wildman–Crippen MR) is 81.7 cm³/mol. The molecule has 0 aromatic heterocycles.